The van der Waals surface area contributed by atoms with Gasteiger partial charge in [0.05, 0.1) is 6.54 Å². The van der Waals surface area contributed by atoms with Crippen LogP contribution in [0.25, 0.3) is 0 Å². The first-order chi connectivity index (χ1) is 8.08. The van der Waals surface area contributed by atoms with E-state index in [1.807, 2.05) is 25.1 Å². The maximum absolute atomic E-state index is 11.5. The second-order valence-corrected chi connectivity index (χ2v) is 4.85. The van der Waals surface area contributed by atoms with Crippen molar-refractivity contribution in [2.45, 2.75) is 13.3 Å². The number of carbonyl (C=O) groups excluding carboxylic acids is 1. The van der Waals surface area contributed by atoms with Gasteiger partial charge < -0.3 is 5.32 Å². The number of benzene rings is 1. The first-order valence-electron chi connectivity index (χ1n) is 5.41. The van der Waals surface area contributed by atoms with Crippen molar-refractivity contribution in [2.75, 3.05) is 13.1 Å². The Balaban J connectivity index is 2.04. The summed E-state index contributed by atoms with van der Waals surface area (Å²) >= 11 is 11.0. The van der Waals surface area contributed by atoms with Crippen molar-refractivity contribution in [3.05, 3.63) is 34.3 Å². The molecule has 0 unspecified atom stereocenters. The van der Waals surface area contributed by atoms with E-state index in [2.05, 4.69) is 5.32 Å². The molecule has 0 atom stereocenters. The second-order valence-electron chi connectivity index (χ2n) is 4.02. The molecule has 1 fully saturated rings. The summed E-state index contributed by atoms with van der Waals surface area (Å²) < 4.78 is 0. The van der Waals surface area contributed by atoms with E-state index < -0.39 is 0 Å². The highest BCUT2D eigenvalue weighted by atomic mass is 35.5. The highest BCUT2D eigenvalue weighted by Crippen LogP contribution is 2.16. The monoisotopic (exact) mass is 268 g/mol. The van der Waals surface area contributed by atoms with Crippen LogP contribution in [-0.2, 0) is 11.2 Å². The van der Waals surface area contributed by atoms with Crippen molar-refractivity contribution in [1.29, 1.82) is 0 Å². The van der Waals surface area contributed by atoms with Crippen LogP contribution >= 0.6 is 23.8 Å². The van der Waals surface area contributed by atoms with Crippen molar-refractivity contribution in [1.82, 2.24) is 10.2 Å². The van der Waals surface area contributed by atoms with Gasteiger partial charge in [0.2, 0.25) is 5.91 Å². The smallest absolute Gasteiger partial charge is 0.248 e. The van der Waals surface area contributed by atoms with Gasteiger partial charge in [0, 0.05) is 11.6 Å². The van der Waals surface area contributed by atoms with Crippen LogP contribution in [0.15, 0.2) is 18.2 Å². The molecule has 1 aliphatic rings. The van der Waals surface area contributed by atoms with Crippen LogP contribution in [0.2, 0.25) is 5.02 Å². The summed E-state index contributed by atoms with van der Waals surface area (Å²) in [6.45, 7) is 2.95. The average molecular weight is 269 g/mol. The number of carbonyl (C=O) groups is 1. The normalized spacial score (nSPS) is 15.3. The lowest BCUT2D eigenvalue weighted by Gasteiger charge is -2.15. The molecular formula is C12H13ClN2OS. The highest BCUT2D eigenvalue weighted by molar-refractivity contribution is 7.80. The number of rotatable bonds is 3. The quantitative estimate of drug-likeness (QED) is 0.850. The molecule has 1 saturated heterocycles. The molecule has 1 amide bonds. The molecule has 0 aliphatic carbocycles. The Hall–Kier alpha value is -1.13. The Morgan fingerprint density at radius 3 is 2.94 bits per heavy atom. The summed E-state index contributed by atoms with van der Waals surface area (Å²) in [5, 5.41) is 4.11. The van der Waals surface area contributed by atoms with Crippen molar-refractivity contribution >= 4 is 34.8 Å². The topological polar surface area (TPSA) is 32.3 Å². The zero-order valence-electron chi connectivity index (χ0n) is 9.50. The molecule has 0 saturated carbocycles. The zero-order chi connectivity index (χ0) is 12.4. The summed E-state index contributed by atoms with van der Waals surface area (Å²) in [6, 6.07) is 5.79. The van der Waals surface area contributed by atoms with Gasteiger partial charge in [-0.15, -0.1) is 0 Å². The Bertz CT molecular complexity index is 460. The van der Waals surface area contributed by atoms with Gasteiger partial charge in [-0.2, -0.15) is 0 Å². The standard InChI is InChI=1S/C12H13ClN2OS/c1-8-2-3-10(13)6-9(8)4-5-15-11(16)7-14-12(15)17/h2-3,6H,4-5,7H2,1H3,(H,14,17). The molecule has 0 spiro atoms. The maximum Gasteiger partial charge on any atom is 0.248 e. The van der Waals surface area contributed by atoms with Crippen molar-refractivity contribution in [2.24, 2.45) is 0 Å². The van der Waals surface area contributed by atoms with E-state index in [0.29, 0.717) is 18.2 Å². The molecule has 0 radical (unpaired) electrons. The molecule has 1 aromatic rings. The van der Waals surface area contributed by atoms with E-state index in [1.54, 1.807) is 4.90 Å². The van der Waals surface area contributed by atoms with Crippen molar-refractivity contribution in [3.8, 4) is 0 Å². The molecule has 90 valence electrons. The highest BCUT2D eigenvalue weighted by Gasteiger charge is 2.24. The Morgan fingerprint density at radius 1 is 1.53 bits per heavy atom. The van der Waals surface area contributed by atoms with E-state index in [-0.39, 0.29) is 5.91 Å². The number of nitrogens with zero attached hydrogens (tertiary/aromatic N) is 1. The first kappa shape index (κ1) is 12.3. The van der Waals surface area contributed by atoms with Gasteiger partial charge in [0.15, 0.2) is 5.11 Å². The van der Waals surface area contributed by atoms with E-state index in [9.17, 15) is 4.79 Å². The predicted molar refractivity (Wildman–Crippen MR) is 72.2 cm³/mol. The first-order valence-corrected chi connectivity index (χ1v) is 6.20. The minimum absolute atomic E-state index is 0.0367. The molecule has 2 rings (SSSR count). The Morgan fingerprint density at radius 2 is 2.29 bits per heavy atom. The van der Waals surface area contributed by atoms with Crippen LogP contribution in [0.5, 0.6) is 0 Å². The van der Waals surface area contributed by atoms with Gasteiger partial charge in [0.1, 0.15) is 0 Å². The predicted octanol–water partition coefficient (Wildman–Crippen LogP) is 1.91. The Labute approximate surface area is 111 Å². The van der Waals surface area contributed by atoms with E-state index >= 15 is 0 Å². The van der Waals surface area contributed by atoms with Gasteiger partial charge in [-0.25, -0.2) is 0 Å². The van der Waals surface area contributed by atoms with Crippen molar-refractivity contribution < 1.29 is 4.79 Å². The van der Waals surface area contributed by atoms with Gasteiger partial charge in [-0.1, -0.05) is 17.7 Å². The van der Waals surface area contributed by atoms with Gasteiger partial charge in [0.25, 0.3) is 0 Å². The fourth-order valence-corrected chi connectivity index (χ4v) is 2.28. The van der Waals surface area contributed by atoms with Crippen LogP contribution in [0.3, 0.4) is 0 Å². The summed E-state index contributed by atoms with van der Waals surface area (Å²) in [5.74, 6) is 0.0367. The van der Waals surface area contributed by atoms with Crippen LogP contribution in [0.1, 0.15) is 11.1 Å². The second kappa shape index (κ2) is 5.02. The zero-order valence-corrected chi connectivity index (χ0v) is 11.1. The van der Waals surface area contributed by atoms with Crippen LogP contribution in [-0.4, -0.2) is 29.0 Å². The number of halogens is 1. The van der Waals surface area contributed by atoms with E-state index in [4.69, 9.17) is 23.8 Å². The van der Waals surface area contributed by atoms with Crippen LogP contribution < -0.4 is 5.32 Å². The molecule has 0 aromatic heterocycles. The van der Waals surface area contributed by atoms with Gasteiger partial charge in [-0.05, 0) is 48.8 Å². The lowest BCUT2D eigenvalue weighted by Crippen LogP contribution is -2.32. The minimum atomic E-state index is 0.0367. The summed E-state index contributed by atoms with van der Waals surface area (Å²) in [6.07, 6.45) is 0.764. The molecule has 1 N–H and O–H groups in total. The number of hydrogen-bond acceptors (Lipinski definition) is 2. The average Bonchev–Trinajstić information content (AvgIpc) is 2.61. The molecule has 1 heterocycles. The largest absolute Gasteiger partial charge is 0.353 e. The maximum atomic E-state index is 11.5. The van der Waals surface area contributed by atoms with Gasteiger partial charge >= 0.3 is 0 Å². The summed E-state index contributed by atoms with van der Waals surface area (Å²) in [4.78, 5) is 13.1. The summed E-state index contributed by atoms with van der Waals surface area (Å²) in [7, 11) is 0. The molecule has 1 aliphatic heterocycles. The number of hydrogen-bond donors (Lipinski definition) is 1. The molecule has 1 aromatic carbocycles. The van der Waals surface area contributed by atoms with E-state index in [0.717, 1.165) is 17.0 Å². The lowest BCUT2D eigenvalue weighted by molar-refractivity contribution is -0.124. The van der Waals surface area contributed by atoms with Crippen molar-refractivity contribution in [3.63, 3.8) is 0 Å². The molecule has 3 nitrogen and oxygen atoms in total. The van der Waals surface area contributed by atoms with Crippen LogP contribution in [0, 0.1) is 6.92 Å². The van der Waals surface area contributed by atoms with Gasteiger partial charge in [-0.3, -0.25) is 9.69 Å². The number of nitrogens with one attached hydrogen (secondary N) is 1. The van der Waals surface area contributed by atoms with E-state index in [1.165, 1.54) is 5.56 Å². The summed E-state index contributed by atoms with van der Waals surface area (Å²) in [5.41, 5.74) is 2.33. The fourth-order valence-electron chi connectivity index (χ4n) is 1.82. The fraction of sp³-hybridized carbons (Fsp3) is 0.333. The van der Waals surface area contributed by atoms with Crippen LogP contribution in [0.4, 0.5) is 0 Å². The third-order valence-corrected chi connectivity index (χ3v) is 3.45. The molecule has 17 heavy (non-hydrogen) atoms. The molecule has 0 bridgehead atoms. The minimum Gasteiger partial charge on any atom is -0.353 e. The third-order valence-electron chi connectivity index (χ3n) is 2.85. The third kappa shape index (κ3) is 2.76. The molecular weight excluding hydrogens is 256 g/mol. The lowest BCUT2D eigenvalue weighted by atomic mass is 10.1. The number of aryl methyl sites for hydroxylation is 1. The Kier molecular flexibility index (Phi) is 3.64. The SMILES string of the molecule is Cc1ccc(Cl)cc1CCN1C(=O)CNC1=S. The molecule has 5 heteroatoms. The number of amides is 1. The number of thiocarbonyl (C=S) groups is 1.